The molecular formula is C25H25N3O2. The summed E-state index contributed by atoms with van der Waals surface area (Å²) in [5.41, 5.74) is 4.14. The van der Waals surface area contributed by atoms with Crippen LogP contribution in [0.1, 0.15) is 34.3 Å². The minimum atomic E-state index is 0.00787. The summed E-state index contributed by atoms with van der Waals surface area (Å²) < 4.78 is 0. The summed E-state index contributed by atoms with van der Waals surface area (Å²) in [5.74, 6) is 0.283. The molecule has 0 bridgehead atoms. The van der Waals surface area contributed by atoms with E-state index < -0.39 is 0 Å². The molecule has 2 aliphatic heterocycles. The highest BCUT2D eigenvalue weighted by atomic mass is 16.2. The molecule has 0 aliphatic carbocycles. The first-order valence-corrected chi connectivity index (χ1v) is 10.7. The molecule has 0 saturated carbocycles. The second-order valence-corrected chi connectivity index (χ2v) is 8.22. The standard InChI is InChI=1S/C25H25N3O2/c29-24(28-16-10-18-5-1-2-6-20(18)17-28)19-11-14-27(15-12-19)25(30)22-7-3-9-23-21(22)8-4-13-26-23/h1-9,13,19H,10-12,14-17H2. The molecular weight excluding hydrogens is 374 g/mol. The predicted molar refractivity (Wildman–Crippen MR) is 116 cm³/mol. The normalized spacial score (nSPS) is 17.1. The fourth-order valence-electron chi connectivity index (χ4n) is 4.73. The summed E-state index contributed by atoms with van der Waals surface area (Å²) in [7, 11) is 0. The molecule has 0 spiro atoms. The molecule has 0 atom stereocenters. The van der Waals surface area contributed by atoms with E-state index in [0.29, 0.717) is 25.2 Å². The highest BCUT2D eigenvalue weighted by Gasteiger charge is 2.32. The number of likely N-dealkylation sites (tertiary alicyclic amines) is 1. The van der Waals surface area contributed by atoms with Crippen LogP contribution in [-0.4, -0.2) is 46.2 Å². The van der Waals surface area contributed by atoms with Crippen molar-refractivity contribution in [3.8, 4) is 0 Å². The van der Waals surface area contributed by atoms with E-state index in [1.165, 1.54) is 11.1 Å². The van der Waals surface area contributed by atoms with Crippen LogP contribution in [0, 0.1) is 5.92 Å². The summed E-state index contributed by atoms with van der Waals surface area (Å²) in [4.78, 5) is 34.5. The van der Waals surface area contributed by atoms with Crippen molar-refractivity contribution in [1.29, 1.82) is 0 Å². The number of aromatic nitrogens is 1. The molecule has 2 aliphatic rings. The van der Waals surface area contributed by atoms with Crippen molar-refractivity contribution >= 4 is 22.7 Å². The number of hydrogen-bond donors (Lipinski definition) is 0. The van der Waals surface area contributed by atoms with Gasteiger partial charge in [0.1, 0.15) is 0 Å². The van der Waals surface area contributed by atoms with Crippen LogP contribution in [0.3, 0.4) is 0 Å². The zero-order valence-electron chi connectivity index (χ0n) is 17.0. The molecule has 152 valence electrons. The molecule has 1 fully saturated rings. The van der Waals surface area contributed by atoms with E-state index in [1.54, 1.807) is 6.20 Å². The molecule has 1 aromatic heterocycles. The van der Waals surface area contributed by atoms with Gasteiger partial charge < -0.3 is 9.80 Å². The molecule has 3 heterocycles. The van der Waals surface area contributed by atoms with Gasteiger partial charge in [-0.05, 0) is 48.6 Å². The topological polar surface area (TPSA) is 53.5 Å². The molecule has 5 rings (SSSR count). The first-order valence-electron chi connectivity index (χ1n) is 10.7. The molecule has 5 heteroatoms. The van der Waals surface area contributed by atoms with Gasteiger partial charge in [0.15, 0.2) is 0 Å². The quantitative estimate of drug-likeness (QED) is 0.661. The molecule has 0 unspecified atom stereocenters. The fourth-order valence-corrected chi connectivity index (χ4v) is 4.73. The number of carbonyl (C=O) groups is 2. The Balaban J connectivity index is 1.24. The molecule has 0 radical (unpaired) electrons. The number of piperidine rings is 1. The monoisotopic (exact) mass is 399 g/mol. The average Bonchev–Trinajstić information content (AvgIpc) is 2.82. The number of benzene rings is 2. The van der Waals surface area contributed by atoms with Gasteiger partial charge in [-0.2, -0.15) is 0 Å². The smallest absolute Gasteiger partial charge is 0.254 e. The first kappa shape index (κ1) is 18.8. The van der Waals surface area contributed by atoms with Crippen LogP contribution in [0.15, 0.2) is 60.8 Å². The van der Waals surface area contributed by atoms with Crippen LogP contribution < -0.4 is 0 Å². The number of rotatable bonds is 2. The van der Waals surface area contributed by atoms with E-state index in [1.807, 2.05) is 46.2 Å². The van der Waals surface area contributed by atoms with Crippen molar-refractivity contribution < 1.29 is 9.59 Å². The Morgan fingerprint density at radius 2 is 1.63 bits per heavy atom. The van der Waals surface area contributed by atoms with Crippen LogP contribution >= 0.6 is 0 Å². The number of amides is 2. The van der Waals surface area contributed by atoms with Gasteiger partial charge in [0.05, 0.1) is 5.52 Å². The number of nitrogens with zero attached hydrogens (tertiary/aromatic N) is 3. The van der Waals surface area contributed by atoms with E-state index in [-0.39, 0.29) is 17.7 Å². The third kappa shape index (κ3) is 3.45. The lowest BCUT2D eigenvalue weighted by Crippen LogP contribution is -2.45. The van der Waals surface area contributed by atoms with Crippen LogP contribution in [0.5, 0.6) is 0 Å². The minimum absolute atomic E-state index is 0.00787. The van der Waals surface area contributed by atoms with Crippen LogP contribution in [0.2, 0.25) is 0 Å². The van der Waals surface area contributed by atoms with E-state index >= 15 is 0 Å². The molecule has 1 saturated heterocycles. The Bertz CT molecular complexity index is 1100. The number of hydrogen-bond acceptors (Lipinski definition) is 3. The molecule has 0 N–H and O–H groups in total. The molecule has 2 amide bonds. The van der Waals surface area contributed by atoms with Crippen molar-refractivity contribution in [1.82, 2.24) is 14.8 Å². The Morgan fingerprint density at radius 1 is 0.833 bits per heavy atom. The lowest BCUT2D eigenvalue weighted by Gasteiger charge is -2.36. The van der Waals surface area contributed by atoms with Gasteiger partial charge in [-0.3, -0.25) is 14.6 Å². The Labute approximate surface area is 176 Å². The summed E-state index contributed by atoms with van der Waals surface area (Å²) in [6, 6.07) is 17.9. The van der Waals surface area contributed by atoms with E-state index in [4.69, 9.17) is 0 Å². The lowest BCUT2D eigenvalue weighted by molar-refractivity contribution is -0.137. The molecule has 3 aromatic rings. The van der Waals surface area contributed by atoms with Crippen molar-refractivity contribution in [2.45, 2.75) is 25.8 Å². The number of pyridine rings is 1. The van der Waals surface area contributed by atoms with Gasteiger partial charge in [0, 0.05) is 49.2 Å². The van der Waals surface area contributed by atoms with E-state index in [9.17, 15) is 9.59 Å². The van der Waals surface area contributed by atoms with Crippen molar-refractivity contribution in [3.05, 3.63) is 77.5 Å². The molecule has 2 aromatic carbocycles. The van der Waals surface area contributed by atoms with Crippen LogP contribution in [0.25, 0.3) is 10.9 Å². The highest BCUT2D eigenvalue weighted by Crippen LogP contribution is 2.26. The predicted octanol–water partition coefficient (Wildman–Crippen LogP) is 3.67. The van der Waals surface area contributed by atoms with Crippen molar-refractivity contribution in [3.63, 3.8) is 0 Å². The van der Waals surface area contributed by atoms with Gasteiger partial charge in [-0.15, -0.1) is 0 Å². The third-order valence-corrected chi connectivity index (χ3v) is 6.45. The lowest BCUT2D eigenvalue weighted by atomic mass is 9.92. The Hall–Kier alpha value is -3.21. The zero-order valence-corrected chi connectivity index (χ0v) is 17.0. The Kier molecular flexibility index (Phi) is 4.95. The first-order chi connectivity index (χ1) is 14.7. The Morgan fingerprint density at radius 3 is 2.47 bits per heavy atom. The number of fused-ring (bicyclic) bond motifs is 2. The largest absolute Gasteiger partial charge is 0.339 e. The van der Waals surface area contributed by atoms with E-state index in [2.05, 4.69) is 23.2 Å². The molecule has 5 nitrogen and oxygen atoms in total. The SMILES string of the molecule is O=C(c1cccc2ncccc12)N1CCC(C(=O)N2CCc3ccccc3C2)CC1. The summed E-state index contributed by atoms with van der Waals surface area (Å²) in [5, 5.41) is 0.884. The average molecular weight is 399 g/mol. The van der Waals surface area contributed by atoms with Gasteiger partial charge in [0.25, 0.3) is 5.91 Å². The van der Waals surface area contributed by atoms with Crippen molar-refractivity contribution in [2.24, 2.45) is 5.92 Å². The van der Waals surface area contributed by atoms with E-state index in [0.717, 1.165) is 36.7 Å². The van der Waals surface area contributed by atoms with Crippen LogP contribution in [-0.2, 0) is 17.8 Å². The van der Waals surface area contributed by atoms with Gasteiger partial charge in [-0.1, -0.05) is 36.4 Å². The maximum atomic E-state index is 13.1. The second kappa shape index (κ2) is 7.90. The number of carbonyl (C=O) groups excluding carboxylic acids is 2. The third-order valence-electron chi connectivity index (χ3n) is 6.45. The minimum Gasteiger partial charge on any atom is -0.339 e. The van der Waals surface area contributed by atoms with Gasteiger partial charge >= 0.3 is 0 Å². The zero-order chi connectivity index (χ0) is 20.5. The maximum absolute atomic E-state index is 13.1. The highest BCUT2D eigenvalue weighted by molar-refractivity contribution is 6.06. The molecule has 30 heavy (non-hydrogen) atoms. The summed E-state index contributed by atoms with van der Waals surface area (Å²) in [6.07, 6.45) is 4.12. The fraction of sp³-hybridized carbons (Fsp3) is 0.320. The van der Waals surface area contributed by atoms with Crippen LogP contribution in [0.4, 0.5) is 0 Å². The maximum Gasteiger partial charge on any atom is 0.254 e. The summed E-state index contributed by atoms with van der Waals surface area (Å²) >= 11 is 0. The van der Waals surface area contributed by atoms with Gasteiger partial charge in [-0.25, -0.2) is 0 Å². The second-order valence-electron chi connectivity index (χ2n) is 8.22. The summed E-state index contributed by atoms with van der Waals surface area (Å²) in [6.45, 7) is 2.74. The van der Waals surface area contributed by atoms with Crippen molar-refractivity contribution in [2.75, 3.05) is 19.6 Å². The van der Waals surface area contributed by atoms with Gasteiger partial charge in [0.2, 0.25) is 5.91 Å².